The van der Waals surface area contributed by atoms with E-state index in [4.69, 9.17) is 11.6 Å². The van der Waals surface area contributed by atoms with Crippen molar-refractivity contribution in [1.29, 1.82) is 0 Å². The minimum atomic E-state index is -0.701. The van der Waals surface area contributed by atoms with E-state index in [1.54, 1.807) is 6.07 Å². The van der Waals surface area contributed by atoms with Gasteiger partial charge in [0.25, 0.3) is 0 Å². The molecule has 4 heteroatoms. The van der Waals surface area contributed by atoms with Crippen molar-refractivity contribution in [3.05, 3.63) is 69.2 Å². The normalized spacial score (nSPS) is 12.5. The van der Waals surface area contributed by atoms with Gasteiger partial charge in [0, 0.05) is 10.0 Å². The minimum Gasteiger partial charge on any atom is -0.207 e. The van der Waals surface area contributed by atoms with Gasteiger partial charge in [-0.2, -0.15) is 0 Å². The molecule has 0 aliphatic rings. The number of rotatable bonds is 2. The van der Waals surface area contributed by atoms with Crippen LogP contribution in [0.1, 0.15) is 22.1 Å². The number of aryl methyl sites for hydroxylation is 1. The van der Waals surface area contributed by atoms with Crippen LogP contribution in [0, 0.1) is 18.6 Å². The zero-order valence-electron chi connectivity index (χ0n) is 9.55. The highest BCUT2D eigenvalue weighted by atomic mass is 79.9. The zero-order valence-corrected chi connectivity index (χ0v) is 11.9. The van der Waals surface area contributed by atoms with Gasteiger partial charge in [-0.05, 0) is 42.3 Å². The Bertz CT molecular complexity index is 584. The van der Waals surface area contributed by atoms with E-state index in [-0.39, 0.29) is 5.56 Å². The van der Waals surface area contributed by atoms with Gasteiger partial charge < -0.3 is 0 Å². The number of halogens is 4. The molecule has 0 aliphatic heterocycles. The average Bonchev–Trinajstić information content (AvgIpc) is 2.35. The first kappa shape index (κ1) is 13.5. The topological polar surface area (TPSA) is 0 Å². The van der Waals surface area contributed by atoms with Crippen LogP contribution < -0.4 is 0 Å². The molecule has 0 nitrogen and oxygen atoms in total. The van der Waals surface area contributed by atoms with Crippen molar-refractivity contribution >= 4 is 27.5 Å². The summed E-state index contributed by atoms with van der Waals surface area (Å²) in [5.74, 6) is -0.997. The molecule has 2 rings (SSSR count). The van der Waals surface area contributed by atoms with Crippen molar-refractivity contribution in [2.45, 2.75) is 12.3 Å². The molecule has 1 atom stereocenters. The Kier molecular flexibility index (Phi) is 4.03. The molecule has 0 amide bonds. The third-order valence-electron chi connectivity index (χ3n) is 2.71. The summed E-state index contributed by atoms with van der Waals surface area (Å²) in [5, 5.41) is -0.701. The van der Waals surface area contributed by atoms with Crippen molar-refractivity contribution in [3.63, 3.8) is 0 Å². The van der Waals surface area contributed by atoms with Crippen LogP contribution in [0.4, 0.5) is 8.78 Å². The molecule has 0 N–H and O–H groups in total. The fraction of sp³-hybridized carbons (Fsp3) is 0.143. The smallest absolute Gasteiger partial charge is 0.128 e. The van der Waals surface area contributed by atoms with Crippen molar-refractivity contribution in [2.75, 3.05) is 0 Å². The predicted octanol–water partition coefficient (Wildman–Crippen LogP) is 5.36. The summed E-state index contributed by atoms with van der Waals surface area (Å²) in [4.78, 5) is 0. The maximum atomic E-state index is 13.6. The Labute approximate surface area is 118 Å². The highest BCUT2D eigenvalue weighted by Crippen LogP contribution is 2.32. The highest BCUT2D eigenvalue weighted by molar-refractivity contribution is 9.10. The molecule has 94 valence electrons. The SMILES string of the molecule is Cc1cc(C(Cl)c2cc(F)ccc2F)ccc1Br. The summed E-state index contributed by atoms with van der Waals surface area (Å²) in [6.07, 6.45) is 0. The van der Waals surface area contributed by atoms with Gasteiger partial charge in [-0.15, -0.1) is 11.6 Å². The number of hydrogen-bond acceptors (Lipinski definition) is 0. The van der Waals surface area contributed by atoms with Gasteiger partial charge in [0.1, 0.15) is 11.6 Å². The van der Waals surface area contributed by atoms with Crippen LogP contribution in [0.25, 0.3) is 0 Å². The second-order valence-corrected chi connectivity index (χ2v) is 5.33. The molecule has 18 heavy (non-hydrogen) atoms. The van der Waals surface area contributed by atoms with Crippen LogP contribution in [0.2, 0.25) is 0 Å². The Hall–Kier alpha value is -0.930. The summed E-state index contributed by atoms with van der Waals surface area (Å²) < 4.78 is 27.7. The van der Waals surface area contributed by atoms with Gasteiger partial charge in [0.05, 0.1) is 5.38 Å². The quantitative estimate of drug-likeness (QED) is 0.650. The molecule has 0 aromatic heterocycles. The fourth-order valence-electron chi connectivity index (χ4n) is 1.71. The van der Waals surface area contributed by atoms with Crippen LogP contribution in [-0.2, 0) is 0 Å². The Balaban J connectivity index is 2.44. The van der Waals surface area contributed by atoms with E-state index in [0.717, 1.165) is 33.8 Å². The Morgan fingerprint density at radius 2 is 1.83 bits per heavy atom. The summed E-state index contributed by atoms with van der Waals surface area (Å²) in [5.41, 5.74) is 1.88. The molecular formula is C14H10BrClF2. The second kappa shape index (κ2) is 5.37. The van der Waals surface area contributed by atoms with Crippen LogP contribution in [0.15, 0.2) is 40.9 Å². The van der Waals surface area contributed by atoms with E-state index >= 15 is 0 Å². The van der Waals surface area contributed by atoms with E-state index in [1.165, 1.54) is 0 Å². The molecule has 0 spiro atoms. The van der Waals surface area contributed by atoms with Crippen molar-refractivity contribution in [2.24, 2.45) is 0 Å². The predicted molar refractivity (Wildman–Crippen MR) is 72.9 cm³/mol. The highest BCUT2D eigenvalue weighted by Gasteiger charge is 2.16. The van der Waals surface area contributed by atoms with Gasteiger partial charge in [-0.3, -0.25) is 0 Å². The summed E-state index contributed by atoms with van der Waals surface area (Å²) in [6, 6.07) is 8.79. The van der Waals surface area contributed by atoms with Gasteiger partial charge in [0.15, 0.2) is 0 Å². The van der Waals surface area contributed by atoms with Crippen LogP contribution in [0.3, 0.4) is 0 Å². The van der Waals surface area contributed by atoms with Crippen molar-refractivity contribution in [1.82, 2.24) is 0 Å². The molecule has 1 unspecified atom stereocenters. The maximum Gasteiger partial charge on any atom is 0.128 e. The van der Waals surface area contributed by atoms with Gasteiger partial charge in [0.2, 0.25) is 0 Å². The second-order valence-electron chi connectivity index (χ2n) is 4.04. The largest absolute Gasteiger partial charge is 0.207 e. The maximum absolute atomic E-state index is 13.6. The van der Waals surface area contributed by atoms with E-state index in [2.05, 4.69) is 15.9 Å². The molecule has 0 saturated carbocycles. The number of hydrogen-bond donors (Lipinski definition) is 0. The molecule has 0 aliphatic carbocycles. The summed E-state index contributed by atoms with van der Waals surface area (Å²) in [6.45, 7) is 1.92. The lowest BCUT2D eigenvalue weighted by Crippen LogP contribution is -1.98. The first-order valence-corrected chi connectivity index (χ1v) is 6.57. The van der Waals surface area contributed by atoms with Gasteiger partial charge in [-0.1, -0.05) is 28.1 Å². The molecular weight excluding hydrogens is 322 g/mol. The monoisotopic (exact) mass is 330 g/mol. The molecule has 0 radical (unpaired) electrons. The van der Waals surface area contributed by atoms with E-state index in [9.17, 15) is 8.78 Å². The molecule has 2 aromatic rings. The van der Waals surface area contributed by atoms with Crippen molar-refractivity contribution in [3.8, 4) is 0 Å². The molecule has 0 bridgehead atoms. The third-order valence-corrected chi connectivity index (χ3v) is 4.08. The molecule has 2 aromatic carbocycles. The first-order chi connectivity index (χ1) is 8.49. The minimum absolute atomic E-state index is 0.151. The molecule has 0 heterocycles. The lowest BCUT2D eigenvalue weighted by molar-refractivity contribution is 0.587. The fourth-order valence-corrected chi connectivity index (χ4v) is 2.26. The Morgan fingerprint density at radius 3 is 2.50 bits per heavy atom. The molecule has 0 fully saturated rings. The number of alkyl halides is 1. The van der Waals surface area contributed by atoms with Crippen LogP contribution in [0.5, 0.6) is 0 Å². The first-order valence-electron chi connectivity index (χ1n) is 5.34. The van der Waals surface area contributed by atoms with Crippen molar-refractivity contribution < 1.29 is 8.78 Å². The van der Waals surface area contributed by atoms with E-state index < -0.39 is 17.0 Å². The zero-order chi connectivity index (χ0) is 13.3. The number of benzene rings is 2. The third kappa shape index (κ3) is 2.73. The van der Waals surface area contributed by atoms with Crippen LogP contribution >= 0.6 is 27.5 Å². The Morgan fingerprint density at radius 1 is 1.11 bits per heavy atom. The van der Waals surface area contributed by atoms with E-state index in [1.807, 2.05) is 19.1 Å². The average molecular weight is 332 g/mol. The molecule has 0 saturated heterocycles. The van der Waals surface area contributed by atoms with E-state index in [0.29, 0.717) is 0 Å². The van der Waals surface area contributed by atoms with Gasteiger partial charge >= 0.3 is 0 Å². The van der Waals surface area contributed by atoms with Crippen LogP contribution in [-0.4, -0.2) is 0 Å². The standard InChI is InChI=1S/C14H10BrClF2/c1-8-6-9(2-4-12(8)15)14(16)11-7-10(17)3-5-13(11)18/h2-7,14H,1H3. The lowest BCUT2D eigenvalue weighted by Gasteiger charge is -2.13. The van der Waals surface area contributed by atoms with Gasteiger partial charge in [-0.25, -0.2) is 8.78 Å². The summed E-state index contributed by atoms with van der Waals surface area (Å²) >= 11 is 9.59. The lowest BCUT2D eigenvalue weighted by atomic mass is 10.0. The summed E-state index contributed by atoms with van der Waals surface area (Å²) in [7, 11) is 0.